The van der Waals surface area contributed by atoms with Crippen molar-refractivity contribution in [2.45, 2.75) is 32.4 Å². The summed E-state index contributed by atoms with van der Waals surface area (Å²) < 4.78 is 1.97. The molecule has 4 aromatic rings. The van der Waals surface area contributed by atoms with E-state index in [0.29, 0.717) is 24.4 Å². The highest BCUT2D eigenvalue weighted by molar-refractivity contribution is 6.31. The average Bonchev–Trinajstić information content (AvgIpc) is 3.12. The summed E-state index contributed by atoms with van der Waals surface area (Å²) in [5.41, 5.74) is 4.10. The monoisotopic (exact) mass is 417 g/mol. The number of carbonyl (C=O) groups is 1. The molecule has 4 rings (SSSR count). The highest BCUT2D eigenvalue weighted by Gasteiger charge is 2.14. The molecule has 1 amide bonds. The van der Waals surface area contributed by atoms with Crippen LogP contribution in [0.3, 0.4) is 0 Å². The fourth-order valence-corrected chi connectivity index (χ4v) is 3.83. The Labute approximate surface area is 181 Å². The van der Waals surface area contributed by atoms with Crippen molar-refractivity contribution in [2.75, 3.05) is 0 Å². The number of nitrogens with zero attached hydrogens (tertiary/aromatic N) is 2. The lowest BCUT2D eigenvalue weighted by Crippen LogP contribution is -2.26. The fraction of sp³-hybridized carbons (Fsp3) is 0.200. The van der Waals surface area contributed by atoms with Crippen molar-refractivity contribution in [2.24, 2.45) is 0 Å². The van der Waals surface area contributed by atoms with Crippen LogP contribution in [0, 0.1) is 0 Å². The molecule has 1 atom stereocenters. The summed E-state index contributed by atoms with van der Waals surface area (Å²) in [5, 5.41) is 9.62. The molecule has 0 aliphatic heterocycles. The van der Waals surface area contributed by atoms with Gasteiger partial charge in [-0.2, -0.15) is 5.10 Å². The van der Waals surface area contributed by atoms with Crippen LogP contribution in [0.1, 0.15) is 31.4 Å². The summed E-state index contributed by atoms with van der Waals surface area (Å²) >= 11 is 6.24. The van der Waals surface area contributed by atoms with Crippen LogP contribution in [0.2, 0.25) is 5.02 Å². The average molecular weight is 418 g/mol. The minimum Gasteiger partial charge on any atom is -0.350 e. The van der Waals surface area contributed by atoms with Crippen LogP contribution in [0.5, 0.6) is 0 Å². The number of hydrogen-bond acceptors (Lipinski definition) is 2. The van der Waals surface area contributed by atoms with Crippen LogP contribution in [0.4, 0.5) is 0 Å². The summed E-state index contributed by atoms with van der Waals surface area (Å²) in [5.74, 6) is 0.0501. The zero-order chi connectivity index (χ0) is 20.9. The lowest BCUT2D eigenvalue weighted by molar-refractivity contribution is -0.121. The van der Waals surface area contributed by atoms with Crippen molar-refractivity contribution >= 4 is 28.4 Å². The fourth-order valence-electron chi connectivity index (χ4n) is 3.66. The number of carbonyl (C=O) groups excluding carboxylic acids is 1. The topological polar surface area (TPSA) is 46.9 Å². The molecule has 0 saturated carbocycles. The number of aromatic nitrogens is 2. The van der Waals surface area contributed by atoms with Crippen LogP contribution in [0.25, 0.3) is 22.2 Å². The van der Waals surface area contributed by atoms with Gasteiger partial charge in [-0.3, -0.25) is 9.48 Å². The molecule has 0 radical (unpaired) electrons. The zero-order valence-electron chi connectivity index (χ0n) is 16.9. The third kappa shape index (κ3) is 4.55. The van der Waals surface area contributed by atoms with E-state index in [1.54, 1.807) is 0 Å². The molecule has 1 heterocycles. The minimum atomic E-state index is -0.00365. The van der Waals surface area contributed by atoms with Gasteiger partial charge in [-0.15, -0.1) is 0 Å². The van der Waals surface area contributed by atoms with Gasteiger partial charge in [-0.1, -0.05) is 72.3 Å². The molecule has 0 bridgehead atoms. The van der Waals surface area contributed by atoms with Crippen molar-refractivity contribution in [1.82, 2.24) is 15.1 Å². The molecule has 1 N–H and O–H groups in total. The first kappa shape index (κ1) is 20.2. The molecule has 4 nitrogen and oxygen atoms in total. The molecule has 5 heteroatoms. The van der Waals surface area contributed by atoms with Gasteiger partial charge >= 0.3 is 0 Å². The Bertz CT molecular complexity index is 1140. The predicted molar refractivity (Wildman–Crippen MR) is 122 cm³/mol. The van der Waals surface area contributed by atoms with Crippen LogP contribution < -0.4 is 5.32 Å². The van der Waals surface area contributed by atoms with Gasteiger partial charge < -0.3 is 5.32 Å². The smallest absolute Gasteiger partial charge is 0.220 e. The first-order chi connectivity index (χ1) is 14.6. The maximum Gasteiger partial charge on any atom is 0.220 e. The van der Waals surface area contributed by atoms with E-state index in [1.807, 2.05) is 90.5 Å². The van der Waals surface area contributed by atoms with E-state index in [1.165, 1.54) is 0 Å². The van der Waals surface area contributed by atoms with Crippen molar-refractivity contribution in [1.29, 1.82) is 0 Å². The summed E-state index contributed by atoms with van der Waals surface area (Å²) in [6.07, 6.45) is 1.16. The molecule has 0 aliphatic rings. The van der Waals surface area contributed by atoms with Crippen LogP contribution in [-0.4, -0.2) is 15.7 Å². The normalized spacial score (nSPS) is 12.1. The van der Waals surface area contributed by atoms with Crippen molar-refractivity contribution in [3.8, 4) is 11.3 Å². The quantitative estimate of drug-likeness (QED) is 0.400. The van der Waals surface area contributed by atoms with Crippen molar-refractivity contribution in [3.05, 3.63) is 89.4 Å². The van der Waals surface area contributed by atoms with E-state index in [-0.39, 0.29) is 11.9 Å². The number of hydrogen-bond donors (Lipinski definition) is 1. The van der Waals surface area contributed by atoms with Crippen molar-refractivity contribution in [3.63, 3.8) is 0 Å². The van der Waals surface area contributed by atoms with Crippen LogP contribution >= 0.6 is 11.6 Å². The van der Waals surface area contributed by atoms with E-state index < -0.39 is 0 Å². The molecule has 0 aliphatic carbocycles. The highest BCUT2D eigenvalue weighted by atomic mass is 35.5. The molecule has 1 aromatic heterocycles. The Kier molecular flexibility index (Phi) is 6.15. The molecule has 3 aromatic carbocycles. The van der Waals surface area contributed by atoms with Gasteiger partial charge in [-0.25, -0.2) is 0 Å². The molecular formula is C25H24ClN3O. The summed E-state index contributed by atoms with van der Waals surface area (Å²) in [4.78, 5) is 12.4. The van der Waals surface area contributed by atoms with Gasteiger partial charge in [0.1, 0.15) is 5.69 Å². The van der Waals surface area contributed by atoms with Crippen LogP contribution in [0.15, 0.2) is 78.9 Å². The first-order valence-corrected chi connectivity index (χ1v) is 10.6. The Hall–Kier alpha value is -3.11. The molecule has 152 valence electrons. The summed E-state index contributed by atoms with van der Waals surface area (Å²) in [6.45, 7) is 2.67. The number of aryl methyl sites for hydroxylation is 1. The maximum atomic E-state index is 12.4. The maximum absolute atomic E-state index is 12.4. The Morgan fingerprint density at radius 2 is 1.73 bits per heavy atom. The summed E-state index contributed by atoms with van der Waals surface area (Å²) in [7, 11) is 0. The van der Waals surface area contributed by atoms with Gasteiger partial charge in [0.05, 0.1) is 11.6 Å². The van der Waals surface area contributed by atoms with Gasteiger partial charge in [0.15, 0.2) is 0 Å². The first-order valence-electron chi connectivity index (χ1n) is 10.2. The Balaban J connectivity index is 1.45. The molecule has 0 fully saturated rings. The SMILES string of the molecule is C[C@@H](NC(=O)CCCn1nc(-c2ccccc2)c2cc(Cl)ccc21)c1ccccc1. The lowest BCUT2D eigenvalue weighted by atomic mass is 10.1. The molecule has 0 spiro atoms. The number of rotatable bonds is 7. The van der Waals surface area contributed by atoms with E-state index in [0.717, 1.165) is 27.7 Å². The van der Waals surface area contributed by atoms with Gasteiger partial charge in [-0.05, 0) is 37.1 Å². The Morgan fingerprint density at radius 1 is 1.03 bits per heavy atom. The second-order valence-electron chi connectivity index (χ2n) is 7.40. The molecule has 30 heavy (non-hydrogen) atoms. The van der Waals surface area contributed by atoms with Crippen LogP contribution in [-0.2, 0) is 11.3 Å². The zero-order valence-corrected chi connectivity index (χ0v) is 17.6. The van der Waals surface area contributed by atoms with E-state index >= 15 is 0 Å². The number of fused-ring (bicyclic) bond motifs is 1. The molecular weight excluding hydrogens is 394 g/mol. The number of amides is 1. The number of benzene rings is 3. The second-order valence-corrected chi connectivity index (χ2v) is 7.84. The van der Waals surface area contributed by atoms with Gasteiger partial charge in [0.25, 0.3) is 0 Å². The van der Waals surface area contributed by atoms with E-state index in [9.17, 15) is 4.79 Å². The van der Waals surface area contributed by atoms with Gasteiger partial charge in [0.2, 0.25) is 5.91 Å². The number of nitrogens with one attached hydrogen (secondary N) is 1. The van der Waals surface area contributed by atoms with Crippen molar-refractivity contribution < 1.29 is 4.79 Å². The Morgan fingerprint density at radius 3 is 2.47 bits per heavy atom. The second kappa shape index (κ2) is 9.14. The third-order valence-electron chi connectivity index (χ3n) is 5.21. The predicted octanol–water partition coefficient (Wildman–Crippen LogP) is 6.01. The standard InChI is InChI=1S/C25H24ClN3O/c1-18(19-9-4-2-5-10-19)27-24(30)13-8-16-29-23-15-14-21(26)17-22(23)25(28-29)20-11-6-3-7-12-20/h2-7,9-12,14-15,17-18H,8,13,16H2,1H3,(H,27,30)/t18-/m1/s1. The molecule has 0 saturated heterocycles. The lowest BCUT2D eigenvalue weighted by Gasteiger charge is -2.14. The largest absolute Gasteiger partial charge is 0.350 e. The highest BCUT2D eigenvalue weighted by Crippen LogP contribution is 2.30. The summed E-state index contributed by atoms with van der Waals surface area (Å²) in [6, 6.07) is 25.9. The minimum absolute atomic E-state index is 0.00365. The van der Waals surface area contributed by atoms with E-state index in [4.69, 9.17) is 16.7 Å². The third-order valence-corrected chi connectivity index (χ3v) is 5.45. The van der Waals surface area contributed by atoms with Gasteiger partial charge in [0, 0.05) is 28.9 Å². The molecule has 0 unspecified atom stereocenters. The number of halogens is 1. The van der Waals surface area contributed by atoms with E-state index in [2.05, 4.69) is 5.32 Å².